The van der Waals surface area contributed by atoms with Crippen molar-refractivity contribution in [3.63, 3.8) is 0 Å². The van der Waals surface area contributed by atoms with Crippen LogP contribution in [0.5, 0.6) is 0 Å². The highest BCUT2D eigenvalue weighted by Gasteiger charge is 2.17. The molecule has 162 valence electrons. The molecule has 0 fully saturated rings. The van der Waals surface area contributed by atoms with E-state index in [9.17, 15) is 14.4 Å². The number of carbonyl (C=O) groups excluding carboxylic acids is 2. The summed E-state index contributed by atoms with van der Waals surface area (Å²) in [4.78, 5) is 38.1. The van der Waals surface area contributed by atoms with Crippen LogP contribution in [0.1, 0.15) is 28.0 Å². The molecule has 0 unspecified atom stereocenters. The molecule has 3 N–H and O–H groups in total. The van der Waals surface area contributed by atoms with Crippen molar-refractivity contribution < 1.29 is 9.59 Å². The van der Waals surface area contributed by atoms with Gasteiger partial charge in [-0.05, 0) is 51.7 Å². The number of amides is 2. The van der Waals surface area contributed by atoms with Crippen LogP contribution < -0.4 is 16.2 Å². The Kier molecular flexibility index (Phi) is 6.61. The molecule has 31 heavy (non-hydrogen) atoms. The van der Waals surface area contributed by atoms with E-state index in [1.807, 2.05) is 32.0 Å². The van der Waals surface area contributed by atoms with E-state index < -0.39 is 0 Å². The lowest BCUT2D eigenvalue weighted by Crippen LogP contribution is -2.21. The van der Waals surface area contributed by atoms with Crippen LogP contribution in [-0.2, 0) is 4.79 Å². The third-order valence-corrected chi connectivity index (χ3v) is 4.69. The van der Waals surface area contributed by atoms with Gasteiger partial charge in [-0.25, -0.2) is 9.78 Å². The van der Waals surface area contributed by atoms with Crippen LogP contribution in [0.25, 0.3) is 5.82 Å². The number of rotatable bonds is 7. The van der Waals surface area contributed by atoms with E-state index in [2.05, 4.69) is 25.9 Å². The fourth-order valence-corrected chi connectivity index (χ4v) is 2.89. The molecule has 3 rings (SSSR count). The molecule has 0 bridgehead atoms. The second kappa shape index (κ2) is 9.35. The van der Waals surface area contributed by atoms with Crippen LogP contribution in [0, 0.1) is 13.8 Å². The number of aromatic amines is 1. The van der Waals surface area contributed by atoms with Crippen molar-refractivity contribution in [2.45, 2.75) is 20.3 Å². The van der Waals surface area contributed by atoms with Gasteiger partial charge in [-0.3, -0.25) is 14.4 Å². The first-order valence-corrected chi connectivity index (χ1v) is 9.72. The van der Waals surface area contributed by atoms with E-state index >= 15 is 0 Å². The maximum absolute atomic E-state index is 12.8. The topological polar surface area (TPSA) is 125 Å². The molecule has 3 aromatic rings. The molecule has 0 radical (unpaired) electrons. The lowest BCUT2D eigenvalue weighted by Gasteiger charge is -2.13. The second-order valence-electron chi connectivity index (χ2n) is 7.42. The first-order valence-electron chi connectivity index (χ1n) is 9.72. The highest BCUT2D eigenvalue weighted by atomic mass is 16.2. The lowest BCUT2D eigenvalue weighted by molar-refractivity contribution is -0.116. The smallest absolute Gasteiger partial charge is 0.264 e. The van der Waals surface area contributed by atoms with E-state index in [0.717, 1.165) is 5.56 Å². The minimum Gasteiger partial charge on any atom is -0.326 e. The van der Waals surface area contributed by atoms with Crippen molar-refractivity contribution in [2.75, 3.05) is 31.3 Å². The van der Waals surface area contributed by atoms with E-state index in [0.29, 0.717) is 41.4 Å². The van der Waals surface area contributed by atoms with Crippen LogP contribution in [0.3, 0.4) is 0 Å². The molecule has 0 atom stereocenters. The SMILES string of the molecule is Cc1ccc(NC(=O)c2cnn(-c3ccc(=O)[nH]n3)c2C)cc1NC(=O)CCN(C)C. The summed E-state index contributed by atoms with van der Waals surface area (Å²) < 4.78 is 1.47. The van der Waals surface area contributed by atoms with E-state index in [1.165, 1.54) is 23.0 Å². The van der Waals surface area contributed by atoms with Crippen LogP contribution in [0.15, 0.2) is 41.3 Å². The van der Waals surface area contributed by atoms with Crippen molar-refractivity contribution >= 4 is 23.2 Å². The van der Waals surface area contributed by atoms with Crippen molar-refractivity contribution in [1.29, 1.82) is 0 Å². The van der Waals surface area contributed by atoms with Gasteiger partial charge in [0, 0.05) is 30.4 Å². The highest BCUT2D eigenvalue weighted by molar-refractivity contribution is 6.05. The average molecular weight is 423 g/mol. The molecule has 0 aliphatic heterocycles. The van der Waals surface area contributed by atoms with Gasteiger partial charge in [-0.15, -0.1) is 0 Å². The normalized spacial score (nSPS) is 10.9. The summed E-state index contributed by atoms with van der Waals surface area (Å²) in [6, 6.07) is 8.18. The minimum atomic E-state index is -0.345. The predicted molar refractivity (Wildman–Crippen MR) is 118 cm³/mol. The minimum absolute atomic E-state index is 0.0919. The molecule has 0 saturated heterocycles. The summed E-state index contributed by atoms with van der Waals surface area (Å²) in [5, 5.41) is 16.2. The quantitative estimate of drug-likeness (QED) is 0.531. The monoisotopic (exact) mass is 423 g/mol. The molecule has 10 heteroatoms. The summed E-state index contributed by atoms with van der Waals surface area (Å²) in [6.07, 6.45) is 1.82. The summed E-state index contributed by atoms with van der Waals surface area (Å²) >= 11 is 0. The lowest BCUT2D eigenvalue weighted by atomic mass is 10.1. The highest BCUT2D eigenvalue weighted by Crippen LogP contribution is 2.22. The largest absolute Gasteiger partial charge is 0.326 e. The van der Waals surface area contributed by atoms with Crippen molar-refractivity contribution in [2.24, 2.45) is 0 Å². The second-order valence-corrected chi connectivity index (χ2v) is 7.42. The Hall–Kier alpha value is -3.79. The number of hydrogen-bond donors (Lipinski definition) is 3. The van der Waals surface area contributed by atoms with Crippen LogP contribution in [0.2, 0.25) is 0 Å². The van der Waals surface area contributed by atoms with E-state index in [1.54, 1.807) is 19.1 Å². The summed E-state index contributed by atoms with van der Waals surface area (Å²) in [7, 11) is 3.82. The molecule has 10 nitrogen and oxygen atoms in total. The molecule has 0 aliphatic rings. The first-order chi connectivity index (χ1) is 14.7. The summed E-state index contributed by atoms with van der Waals surface area (Å²) in [5.74, 6) is -0.0399. The molecule has 2 heterocycles. The average Bonchev–Trinajstić information content (AvgIpc) is 3.11. The predicted octanol–water partition coefficient (Wildman–Crippen LogP) is 1.71. The van der Waals surface area contributed by atoms with Crippen LogP contribution in [-0.4, -0.2) is 57.3 Å². The fourth-order valence-electron chi connectivity index (χ4n) is 2.89. The molecule has 0 aliphatic carbocycles. The molecular weight excluding hydrogens is 398 g/mol. The Morgan fingerprint density at radius 2 is 1.90 bits per heavy atom. The van der Waals surface area contributed by atoms with Gasteiger partial charge in [0.15, 0.2) is 5.82 Å². The first kappa shape index (κ1) is 21.9. The number of nitrogens with zero attached hydrogens (tertiary/aromatic N) is 4. The van der Waals surface area contributed by atoms with Crippen LogP contribution in [0.4, 0.5) is 11.4 Å². The van der Waals surface area contributed by atoms with Gasteiger partial charge in [0.25, 0.3) is 11.5 Å². The van der Waals surface area contributed by atoms with Crippen molar-refractivity contribution in [3.05, 3.63) is 63.7 Å². The number of nitrogens with one attached hydrogen (secondary N) is 3. The summed E-state index contributed by atoms with van der Waals surface area (Å²) in [6.45, 7) is 4.27. The molecule has 0 spiro atoms. The van der Waals surface area contributed by atoms with Gasteiger partial charge in [0.1, 0.15) is 0 Å². The van der Waals surface area contributed by atoms with Crippen molar-refractivity contribution in [1.82, 2.24) is 24.9 Å². The molecular formula is C21H25N7O3. The zero-order valence-corrected chi connectivity index (χ0v) is 17.9. The molecule has 0 saturated carbocycles. The number of aromatic nitrogens is 4. The fraction of sp³-hybridized carbons (Fsp3) is 0.286. The number of aryl methyl sites for hydroxylation is 1. The van der Waals surface area contributed by atoms with Crippen LogP contribution >= 0.6 is 0 Å². The van der Waals surface area contributed by atoms with Gasteiger partial charge in [-0.1, -0.05) is 6.07 Å². The van der Waals surface area contributed by atoms with Crippen molar-refractivity contribution in [3.8, 4) is 5.82 Å². The van der Waals surface area contributed by atoms with Gasteiger partial charge in [0.05, 0.1) is 17.5 Å². The number of hydrogen-bond acceptors (Lipinski definition) is 6. The van der Waals surface area contributed by atoms with Gasteiger partial charge >= 0.3 is 0 Å². The standard InChI is InChI=1S/C21H25N7O3/c1-13-5-6-15(11-17(13)24-19(29)9-10-27(3)4)23-21(31)16-12-22-28(14(16)2)18-7-8-20(30)26-25-18/h5-8,11-12H,9-10H2,1-4H3,(H,23,31)(H,24,29)(H,26,30). The molecule has 1 aromatic carbocycles. The third-order valence-electron chi connectivity index (χ3n) is 4.69. The van der Waals surface area contributed by atoms with E-state index in [4.69, 9.17) is 0 Å². The van der Waals surface area contributed by atoms with Gasteiger partial charge in [0.2, 0.25) is 5.91 Å². The Morgan fingerprint density at radius 1 is 1.13 bits per heavy atom. The number of benzene rings is 1. The maximum Gasteiger partial charge on any atom is 0.264 e. The molecule has 2 amide bonds. The number of carbonyl (C=O) groups is 2. The Balaban J connectivity index is 1.74. The van der Waals surface area contributed by atoms with Gasteiger partial charge in [-0.2, -0.15) is 10.2 Å². The zero-order valence-electron chi connectivity index (χ0n) is 17.9. The van der Waals surface area contributed by atoms with Gasteiger partial charge < -0.3 is 15.5 Å². The third kappa shape index (κ3) is 5.43. The Bertz CT molecular complexity index is 1140. The zero-order chi connectivity index (χ0) is 22.5. The molecule has 2 aromatic heterocycles. The Labute approximate surface area is 179 Å². The van der Waals surface area contributed by atoms with E-state index in [-0.39, 0.29) is 17.4 Å². The Morgan fingerprint density at radius 3 is 2.58 bits per heavy atom. The summed E-state index contributed by atoms with van der Waals surface area (Å²) in [5.41, 5.74) is 2.70. The number of H-pyrrole nitrogens is 1. The number of anilines is 2. The maximum atomic E-state index is 12.8.